The number of nitrogens with one attached hydrogen (secondary N) is 1. The van der Waals surface area contributed by atoms with Crippen LogP contribution in [0.25, 0.3) is 5.70 Å². The molecule has 1 atom stereocenters. The molecular formula is C20H20N2O3S. The highest BCUT2D eigenvalue weighted by Crippen LogP contribution is 2.37. The van der Waals surface area contributed by atoms with Gasteiger partial charge in [-0.15, -0.1) is 0 Å². The van der Waals surface area contributed by atoms with Crippen LogP contribution in [0.5, 0.6) is 5.75 Å². The average molecular weight is 368 g/mol. The zero-order chi connectivity index (χ0) is 18.7. The van der Waals surface area contributed by atoms with Crippen molar-refractivity contribution in [2.75, 3.05) is 13.7 Å². The van der Waals surface area contributed by atoms with Gasteiger partial charge in [-0.05, 0) is 42.4 Å². The summed E-state index contributed by atoms with van der Waals surface area (Å²) in [4.78, 5) is 14.1. The number of thiocarbonyl (C=S) groups is 1. The lowest BCUT2D eigenvalue weighted by Crippen LogP contribution is -2.48. The summed E-state index contributed by atoms with van der Waals surface area (Å²) in [6.07, 6.45) is 0. The van der Waals surface area contributed by atoms with Crippen molar-refractivity contribution in [1.82, 2.24) is 10.2 Å². The van der Waals surface area contributed by atoms with Crippen LogP contribution >= 0.6 is 12.2 Å². The van der Waals surface area contributed by atoms with Crippen LogP contribution in [-0.4, -0.2) is 34.7 Å². The van der Waals surface area contributed by atoms with Crippen LogP contribution in [0.4, 0.5) is 0 Å². The largest absolute Gasteiger partial charge is 0.497 e. The molecule has 1 heterocycles. The fourth-order valence-electron chi connectivity index (χ4n) is 3.17. The topological polar surface area (TPSA) is 61.8 Å². The molecule has 0 aromatic heterocycles. The monoisotopic (exact) mass is 368 g/mol. The van der Waals surface area contributed by atoms with Gasteiger partial charge in [0.25, 0.3) is 0 Å². The third-order valence-corrected chi connectivity index (χ3v) is 4.75. The maximum atomic E-state index is 12.2. The number of ether oxygens (including phenoxy) is 1. The van der Waals surface area contributed by atoms with E-state index in [4.69, 9.17) is 17.0 Å². The first kappa shape index (κ1) is 17.9. The van der Waals surface area contributed by atoms with Gasteiger partial charge in [-0.2, -0.15) is 0 Å². The molecule has 6 heteroatoms. The molecule has 2 N–H and O–H groups in total. The van der Waals surface area contributed by atoms with Gasteiger partial charge in [0.2, 0.25) is 0 Å². The van der Waals surface area contributed by atoms with Gasteiger partial charge in [-0.3, -0.25) is 0 Å². The van der Waals surface area contributed by atoms with Gasteiger partial charge in [0.05, 0.1) is 24.4 Å². The maximum absolute atomic E-state index is 12.2. The van der Waals surface area contributed by atoms with Gasteiger partial charge in [0.1, 0.15) is 5.75 Å². The van der Waals surface area contributed by atoms with Crippen molar-refractivity contribution in [3.05, 3.63) is 71.3 Å². The molecule has 2 aromatic carbocycles. The summed E-state index contributed by atoms with van der Waals surface area (Å²) >= 11 is 5.53. The molecule has 5 nitrogen and oxygen atoms in total. The summed E-state index contributed by atoms with van der Waals surface area (Å²) in [7, 11) is 1.60. The number of hydrogen-bond acceptors (Lipinski definition) is 3. The Hall–Kier alpha value is -2.86. The second-order valence-corrected chi connectivity index (χ2v) is 6.24. The van der Waals surface area contributed by atoms with Crippen LogP contribution in [0.15, 0.2) is 60.2 Å². The number of nitrogens with zero attached hydrogens (tertiary/aromatic N) is 1. The van der Waals surface area contributed by atoms with Crippen molar-refractivity contribution >= 4 is 29.0 Å². The second-order valence-electron chi connectivity index (χ2n) is 5.85. The summed E-state index contributed by atoms with van der Waals surface area (Å²) in [6.45, 7) is 2.54. The van der Waals surface area contributed by atoms with E-state index in [2.05, 4.69) is 5.32 Å². The first-order chi connectivity index (χ1) is 12.6. The number of rotatable bonds is 5. The zero-order valence-electron chi connectivity index (χ0n) is 14.6. The van der Waals surface area contributed by atoms with E-state index in [0.717, 1.165) is 16.9 Å². The molecule has 3 rings (SSSR count). The number of hydrogen-bond donors (Lipinski definition) is 2. The van der Waals surface area contributed by atoms with Crippen LogP contribution in [-0.2, 0) is 4.79 Å². The average Bonchev–Trinajstić information content (AvgIpc) is 2.67. The Balaban J connectivity index is 2.20. The standard InChI is InChI=1S/C20H20N2O3S/c1-3-22-18(14-9-11-15(25-2)12-10-14)16(19(23)24)17(21-20(22)26)13-7-5-4-6-8-13/h4-12,18H,3H2,1-2H3,(H,21,26)(H,23,24). The number of aliphatic carboxylic acids is 1. The summed E-state index contributed by atoms with van der Waals surface area (Å²) in [6, 6.07) is 16.3. The SMILES string of the molecule is CCN1C(=S)NC(c2ccccc2)=C(C(=O)O)C1c1ccc(OC)cc1. The fraction of sp³-hybridized carbons (Fsp3) is 0.200. The van der Waals surface area contributed by atoms with E-state index in [1.54, 1.807) is 7.11 Å². The molecule has 1 unspecified atom stereocenters. The normalized spacial score (nSPS) is 17.1. The quantitative estimate of drug-likeness (QED) is 0.789. The Morgan fingerprint density at radius 1 is 1.19 bits per heavy atom. The van der Waals surface area contributed by atoms with Crippen LogP contribution < -0.4 is 10.1 Å². The highest BCUT2D eigenvalue weighted by molar-refractivity contribution is 7.80. The van der Waals surface area contributed by atoms with E-state index in [9.17, 15) is 9.90 Å². The van der Waals surface area contributed by atoms with E-state index in [1.807, 2.05) is 66.4 Å². The molecule has 0 radical (unpaired) electrons. The van der Waals surface area contributed by atoms with Crippen LogP contribution in [0, 0.1) is 0 Å². The third kappa shape index (κ3) is 3.28. The van der Waals surface area contributed by atoms with Crippen molar-refractivity contribution in [3.8, 4) is 5.75 Å². The molecule has 0 fully saturated rings. The van der Waals surface area contributed by atoms with Gasteiger partial charge >= 0.3 is 5.97 Å². The summed E-state index contributed by atoms with van der Waals surface area (Å²) in [5.74, 6) is -0.254. The Labute approximate surface area is 157 Å². The molecular weight excluding hydrogens is 348 g/mol. The number of carbonyl (C=O) groups is 1. The predicted molar refractivity (Wildman–Crippen MR) is 105 cm³/mol. The van der Waals surface area contributed by atoms with Gasteiger partial charge < -0.3 is 20.1 Å². The molecule has 0 saturated heterocycles. The number of methoxy groups -OCH3 is 1. The maximum Gasteiger partial charge on any atom is 0.336 e. The summed E-state index contributed by atoms with van der Waals surface area (Å²) in [5.41, 5.74) is 2.45. The molecule has 0 saturated carbocycles. The Morgan fingerprint density at radius 2 is 1.85 bits per heavy atom. The molecule has 134 valence electrons. The Kier molecular flexibility index (Phi) is 5.23. The Bertz CT molecular complexity index is 847. The molecule has 0 amide bonds. The summed E-state index contributed by atoms with van der Waals surface area (Å²) in [5, 5.41) is 13.6. The van der Waals surface area contributed by atoms with Gasteiger partial charge in [0.15, 0.2) is 5.11 Å². The predicted octanol–water partition coefficient (Wildman–Crippen LogP) is 3.44. The third-order valence-electron chi connectivity index (χ3n) is 4.41. The second kappa shape index (κ2) is 7.58. The van der Waals surface area contributed by atoms with Crippen molar-refractivity contribution in [2.24, 2.45) is 0 Å². The zero-order valence-corrected chi connectivity index (χ0v) is 15.4. The smallest absolute Gasteiger partial charge is 0.336 e. The van der Waals surface area contributed by atoms with Gasteiger partial charge in [-0.1, -0.05) is 42.5 Å². The number of likely N-dealkylation sites (N-methyl/N-ethyl adjacent to an activating group) is 1. The van der Waals surface area contributed by atoms with Gasteiger partial charge in [0, 0.05) is 6.54 Å². The summed E-state index contributed by atoms with van der Waals surface area (Å²) < 4.78 is 5.22. The fourth-order valence-corrected chi connectivity index (χ4v) is 3.51. The van der Waals surface area contributed by atoms with Gasteiger partial charge in [-0.25, -0.2) is 4.79 Å². The highest BCUT2D eigenvalue weighted by Gasteiger charge is 2.36. The minimum Gasteiger partial charge on any atom is -0.497 e. The lowest BCUT2D eigenvalue weighted by Gasteiger charge is -2.39. The molecule has 1 aliphatic rings. The van der Waals surface area contributed by atoms with E-state index < -0.39 is 12.0 Å². The molecule has 1 aliphatic heterocycles. The number of carboxylic acids is 1. The molecule has 26 heavy (non-hydrogen) atoms. The van der Waals surface area contributed by atoms with E-state index in [-0.39, 0.29) is 5.57 Å². The molecule has 0 spiro atoms. The van der Waals surface area contributed by atoms with Crippen LogP contribution in [0.2, 0.25) is 0 Å². The van der Waals surface area contributed by atoms with Crippen molar-refractivity contribution in [2.45, 2.75) is 13.0 Å². The molecule has 0 aliphatic carbocycles. The number of carboxylic acid groups (broad SMARTS) is 1. The van der Waals surface area contributed by atoms with Crippen LogP contribution in [0.3, 0.4) is 0 Å². The van der Waals surface area contributed by atoms with Crippen molar-refractivity contribution in [1.29, 1.82) is 0 Å². The molecule has 2 aromatic rings. The van der Waals surface area contributed by atoms with E-state index in [0.29, 0.717) is 17.4 Å². The lowest BCUT2D eigenvalue weighted by molar-refractivity contribution is -0.133. The van der Waals surface area contributed by atoms with E-state index in [1.165, 1.54) is 0 Å². The minimum atomic E-state index is -0.974. The number of benzene rings is 2. The highest BCUT2D eigenvalue weighted by atomic mass is 32.1. The van der Waals surface area contributed by atoms with Crippen LogP contribution in [0.1, 0.15) is 24.1 Å². The molecule has 0 bridgehead atoms. The van der Waals surface area contributed by atoms with Crippen molar-refractivity contribution in [3.63, 3.8) is 0 Å². The van der Waals surface area contributed by atoms with Crippen molar-refractivity contribution < 1.29 is 14.6 Å². The Morgan fingerprint density at radius 3 is 2.38 bits per heavy atom. The first-order valence-corrected chi connectivity index (χ1v) is 8.72. The minimum absolute atomic E-state index is 0.275. The lowest BCUT2D eigenvalue weighted by atomic mass is 9.91. The van der Waals surface area contributed by atoms with E-state index >= 15 is 0 Å². The first-order valence-electron chi connectivity index (χ1n) is 8.31.